The van der Waals surface area contributed by atoms with Gasteiger partial charge in [-0.15, -0.1) is 0 Å². The van der Waals surface area contributed by atoms with Gasteiger partial charge in [-0.1, -0.05) is 43.5 Å². The number of hydrogen-bond donors (Lipinski definition) is 1. The molecule has 0 heterocycles. The van der Waals surface area contributed by atoms with Crippen LogP contribution in [0.15, 0.2) is 79.2 Å². The molecule has 0 atom stereocenters. The number of anilines is 1. The molecule has 1 fully saturated rings. The Kier molecular flexibility index (Phi) is 8.49. The fourth-order valence-electron chi connectivity index (χ4n) is 4.85. The maximum Gasteiger partial charge on any atom is 1.00 e. The number of methoxy groups -OCH3 is 1. The van der Waals surface area contributed by atoms with Gasteiger partial charge in [-0.2, -0.15) is 5.10 Å². The van der Waals surface area contributed by atoms with E-state index in [1.54, 1.807) is 36.4 Å². The Hall–Kier alpha value is -2.89. The predicted octanol–water partition coefficient (Wildman–Crippen LogP) is -0.762. The van der Waals surface area contributed by atoms with E-state index in [1.807, 2.05) is 0 Å². The Morgan fingerprint density at radius 3 is 2.11 bits per heavy atom. The van der Waals surface area contributed by atoms with Gasteiger partial charge in [0.05, 0.1) is 44.9 Å². The van der Waals surface area contributed by atoms with Crippen molar-refractivity contribution in [3.8, 4) is 5.75 Å². The summed E-state index contributed by atoms with van der Waals surface area (Å²) in [5.74, 6) is 0.184. The topological polar surface area (TPSA) is 137 Å². The van der Waals surface area contributed by atoms with E-state index in [1.165, 1.54) is 19.2 Å². The molecule has 0 bridgehead atoms. The van der Waals surface area contributed by atoms with Crippen molar-refractivity contribution >= 4 is 26.6 Å². The molecule has 0 amide bonds. The second-order valence-corrected chi connectivity index (χ2v) is 10.4. The SMILES string of the molecule is COc1ccc(NN=c2ccc(=NC3CCCCC3)c3c(=O)c4ccccc4c(=O)c2=3)c(S(=O)(=O)[O-])c1.[Na+]. The molecule has 2 aromatic carbocycles. The molecule has 0 aromatic heterocycles. The third-order valence-corrected chi connectivity index (χ3v) is 7.56. The minimum atomic E-state index is -4.86. The van der Waals surface area contributed by atoms with E-state index in [2.05, 4.69) is 10.5 Å². The number of rotatable bonds is 5. The number of nitrogens with zero attached hydrogens (tertiary/aromatic N) is 2. The van der Waals surface area contributed by atoms with Crippen molar-refractivity contribution in [2.45, 2.75) is 43.0 Å². The van der Waals surface area contributed by atoms with Crippen molar-refractivity contribution in [2.75, 3.05) is 12.5 Å². The summed E-state index contributed by atoms with van der Waals surface area (Å²) in [4.78, 5) is 31.5. The number of nitrogens with one attached hydrogen (secondary N) is 1. The molecular weight excluding hydrogens is 517 g/mol. The Morgan fingerprint density at radius 1 is 0.895 bits per heavy atom. The van der Waals surface area contributed by atoms with E-state index in [9.17, 15) is 22.6 Å². The molecule has 3 aliphatic rings. The molecule has 11 heteroatoms. The van der Waals surface area contributed by atoms with Crippen LogP contribution in [-0.2, 0) is 10.1 Å². The first-order valence-corrected chi connectivity index (χ1v) is 13.4. The van der Waals surface area contributed by atoms with Crippen LogP contribution < -0.4 is 61.3 Å². The molecule has 9 nitrogen and oxygen atoms in total. The van der Waals surface area contributed by atoms with E-state index < -0.39 is 15.0 Å². The molecule has 0 saturated heterocycles. The van der Waals surface area contributed by atoms with Gasteiger partial charge in [0.25, 0.3) is 0 Å². The Balaban J connectivity index is 0.00000336. The van der Waals surface area contributed by atoms with E-state index in [0.29, 0.717) is 10.7 Å². The van der Waals surface area contributed by atoms with Crippen molar-refractivity contribution in [1.29, 1.82) is 0 Å². The number of ether oxygens (including phenoxy) is 1. The van der Waals surface area contributed by atoms with Crippen molar-refractivity contribution in [3.05, 3.63) is 96.2 Å². The summed E-state index contributed by atoms with van der Waals surface area (Å²) in [7, 11) is -3.51. The minimum Gasteiger partial charge on any atom is -0.744 e. The van der Waals surface area contributed by atoms with Crippen LogP contribution in [0.25, 0.3) is 10.8 Å². The summed E-state index contributed by atoms with van der Waals surface area (Å²) in [6.07, 6.45) is 5.13. The molecule has 2 aromatic rings. The third kappa shape index (κ3) is 5.45. The minimum absolute atomic E-state index is 0. The summed E-state index contributed by atoms with van der Waals surface area (Å²) in [6.45, 7) is 0. The summed E-state index contributed by atoms with van der Waals surface area (Å²) >= 11 is 0. The molecule has 0 unspecified atom stereocenters. The Bertz CT molecular complexity index is 1910. The van der Waals surface area contributed by atoms with Crippen LogP contribution in [0.2, 0.25) is 0 Å². The standard InChI is InChI=1S/C27H25N3O6S.Na/c1-36-17-11-12-20(23(15-17)37(33,34)35)29-30-22-14-13-21(28-16-7-3-2-4-8-16)24-25(22)27(32)19-10-6-5-9-18(19)26(24)31;/h5-6,9-16,29H,2-4,7-8H2,1H3,(H,33,34,35);/q;+1/p-1. The van der Waals surface area contributed by atoms with Gasteiger partial charge in [0.1, 0.15) is 15.9 Å². The summed E-state index contributed by atoms with van der Waals surface area (Å²) in [6, 6.07) is 13.8. The Morgan fingerprint density at radius 2 is 1.50 bits per heavy atom. The molecule has 1 N–H and O–H groups in total. The van der Waals surface area contributed by atoms with Gasteiger partial charge in [-0.25, -0.2) is 8.42 Å². The molecule has 0 spiro atoms. The van der Waals surface area contributed by atoms with Gasteiger partial charge in [-0.05, 0) is 43.2 Å². The number of hydrogen-bond acceptors (Lipinski definition) is 9. The summed E-state index contributed by atoms with van der Waals surface area (Å²) in [5.41, 5.74) is 1.81. The molecule has 0 aliphatic heterocycles. The summed E-state index contributed by atoms with van der Waals surface area (Å²) in [5, 5.41) is 5.68. The zero-order valence-corrected chi connectivity index (χ0v) is 23.9. The molecule has 3 aliphatic carbocycles. The average molecular weight is 542 g/mol. The zero-order valence-electron chi connectivity index (χ0n) is 21.1. The van der Waals surface area contributed by atoms with Gasteiger partial charge >= 0.3 is 29.6 Å². The second-order valence-electron chi connectivity index (χ2n) is 9.02. The van der Waals surface area contributed by atoms with E-state index in [-0.39, 0.29) is 79.1 Å². The Labute approximate surface area is 240 Å². The van der Waals surface area contributed by atoms with Gasteiger partial charge in [0.15, 0.2) is 10.9 Å². The van der Waals surface area contributed by atoms with Gasteiger partial charge in [0.2, 0.25) is 0 Å². The fourth-order valence-corrected chi connectivity index (χ4v) is 5.49. The average Bonchev–Trinajstić information content (AvgIpc) is 2.90. The van der Waals surface area contributed by atoms with Crippen LogP contribution in [0.1, 0.15) is 32.1 Å². The van der Waals surface area contributed by atoms with Crippen molar-refractivity contribution in [3.63, 3.8) is 0 Å². The fraction of sp³-hybridized carbons (Fsp3) is 0.259. The molecule has 5 rings (SSSR count). The number of benzene rings is 2. The first-order chi connectivity index (χ1) is 17.8. The van der Waals surface area contributed by atoms with E-state index in [4.69, 9.17) is 9.73 Å². The van der Waals surface area contributed by atoms with Crippen LogP contribution in [-0.4, -0.2) is 26.1 Å². The summed E-state index contributed by atoms with van der Waals surface area (Å²) < 4.78 is 40.5. The molecular formula is C27H24N3NaO6S. The van der Waals surface area contributed by atoms with Crippen LogP contribution >= 0.6 is 0 Å². The van der Waals surface area contributed by atoms with E-state index in [0.717, 1.165) is 38.2 Å². The first kappa shape index (κ1) is 28.1. The predicted molar refractivity (Wildman–Crippen MR) is 137 cm³/mol. The van der Waals surface area contributed by atoms with Crippen molar-refractivity contribution < 1.29 is 47.3 Å². The maximum atomic E-state index is 13.6. The second kappa shape index (κ2) is 11.5. The molecule has 1 saturated carbocycles. The van der Waals surface area contributed by atoms with E-state index >= 15 is 0 Å². The van der Waals surface area contributed by atoms with Crippen molar-refractivity contribution in [1.82, 2.24) is 0 Å². The largest absolute Gasteiger partial charge is 1.00 e. The zero-order chi connectivity index (χ0) is 26.2. The van der Waals surface area contributed by atoms with Crippen LogP contribution in [0.4, 0.5) is 5.69 Å². The first-order valence-electron chi connectivity index (χ1n) is 11.9. The molecule has 38 heavy (non-hydrogen) atoms. The van der Waals surface area contributed by atoms with Crippen LogP contribution in [0, 0.1) is 10.4 Å². The van der Waals surface area contributed by atoms with Crippen LogP contribution in [0.3, 0.4) is 0 Å². The van der Waals surface area contributed by atoms with Gasteiger partial charge in [0, 0.05) is 10.8 Å². The van der Waals surface area contributed by atoms with Gasteiger partial charge in [-0.3, -0.25) is 20.0 Å². The van der Waals surface area contributed by atoms with Crippen LogP contribution in [0.5, 0.6) is 5.75 Å². The molecule has 0 radical (unpaired) electrons. The molecule has 190 valence electrons. The third-order valence-electron chi connectivity index (χ3n) is 6.68. The van der Waals surface area contributed by atoms with Crippen molar-refractivity contribution in [2.24, 2.45) is 10.1 Å². The monoisotopic (exact) mass is 541 g/mol. The maximum absolute atomic E-state index is 13.6. The smallest absolute Gasteiger partial charge is 0.744 e. The normalized spacial score (nSPS) is 15.5. The number of fused-ring (bicyclic) bond motifs is 1. The van der Waals surface area contributed by atoms with Gasteiger partial charge < -0.3 is 9.29 Å². The quantitative estimate of drug-likeness (QED) is 0.199.